The predicted octanol–water partition coefficient (Wildman–Crippen LogP) is 6.01. The Balaban J connectivity index is 1.48. The zero-order chi connectivity index (χ0) is 20.9. The van der Waals surface area contributed by atoms with Crippen LogP contribution in [0.15, 0.2) is 67.8 Å². The Morgan fingerprint density at radius 3 is 2.83 bits per heavy atom. The summed E-state index contributed by atoms with van der Waals surface area (Å²) >= 11 is 13.4. The van der Waals surface area contributed by atoms with Crippen molar-refractivity contribution < 1.29 is 13.6 Å². The first kappa shape index (κ1) is 20.6. The molecule has 4 rings (SSSR count). The van der Waals surface area contributed by atoms with Crippen molar-refractivity contribution in [2.45, 2.75) is 18.7 Å². The van der Waals surface area contributed by atoms with Gasteiger partial charge in [0.15, 0.2) is 5.76 Å². The van der Waals surface area contributed by atoms with E-state index in [1.807, 2.05) is 19.1 Å². The van der Waals surface area contributed by atoms with Gasteiger partial charge >= 0.3 is 0 Å². The number of thioether (sulfide) groups is 1. The van der Waals surface area contributed by atoms with Gasteiger partial charge in [0, 0.05) is 6.07 Å². The molecular formula is C20H16Cl2N4O3S. The molecule has 1 aromatic carbocycles. The van der Waals surface area contributed by atoms with Crippen molar-refractivity contribution in [2.24, 2.45) is 5.10 Å². The zero-order valence-electron chi connectivity index (χ0n) is 15.8. The molecule has 0 saturated heterocycles. The lowest BCUT2D eigenvalue weighted by atomic mass is 10.3. The van der Waals surface area contributed by atoms with Crippen molar-refractivity contribution in [1.29, 1.82) is 0 Å². The number of benzene rings is 1. The van der Waals surface area contributed by atoms with Gasteiger partial charge in [-0.3, -0.25) is 0 Å². The molecule has 0 fully saturated rings. The van der Waals surface area contributed by atoms with E-state index in [-0.39, 0.29) is 6.61 Å². The Morgan fingerprint density at radius 1 is 1.17 bits per heavy atom. The molecule has 0 aliphatic rings. The van der Waals surface area contributed by atoms with Gasteiger partial charge < -0.3 is 13.6 Å². The van der Waals surface area contributed by atoms with Crippen LogP contribution in [0.3, 0.4) is 0 Å². The van der Waals surface area contributed by atoms with Gasteiger partial charge in [0.25, 0.3) is 0 Å². The predicted molar refractivity (Wildman–Crippen MR) is 117 cm³/mol. The van der Waals surface area contributed by atoms with Crippen LogP contribution in [-0.2, 0) is 6.61 Å². The summed E-state index contributed by atoms with van der Waals surface area (Å²) in [4.78, 5) is 0. The minimum Gasteiger partial charge on any atom is -0.486 e. The molecule has 0 unspecified atom stereocenters. The van der Waals surface area contributed by atoms with E-state index in [1.165, 1.54) is 11.8 Å². The summed E-state index contributed by atoms with van der Waals surface area (Å²) in [5.41, 5.74) is 0. The summed E-state index contributed by atoms with van der Waals surface area (Å²) < 4.78 is 18.5. The molecule has 0 aliphatic heterocycles. The van der Waals surface area contributed by atoms with Crippen LogP contribution in [-0.4, -0.2) is 26.8 Å². The highest BCUT2D eigenvalue weighted by Gasteiger charge is 2.15. The maximum Gasteiger partial charge on any atom is 0.221 e. The lowest BCUT2D eigenvalue weighted by Crippen LogP contribution is -1.96. The summed E-state index contributed by atoms with van der Waals surface area (Å²) in [5.74, 6) is 3.74. The van der Waals surface area contributed by atoms with E-state index in [4.69, 9.17) is 36.8 Å². The van der Waals surface area contributed by atoms with Gasteiger partial charge in [-0.15, -0.1) is 10.2 Å². The normalized spacial score (nSPS) is 11.4. The molecule has 0 radical (unpaired) electrons. The SMILES string of the molecule is CCSc1nnc(-c2ccco2)n1/N=C\c1ccc(COc2ccc(Cl)c(Cl)c2)o1. The minimum absolute atomic E-state index is 0.243. The zero-order valence-corrected chi connectivity index (χ0v) is 18.1. The van der Waals surface area contributed by atoms with E-state index in [0.717, 1.165) is 5.75 Å². The molecule has 3 heterocycles. The monoisotopic (exact) mass is 462 g/mol. The second-order valence-electron chi connectivity index (χ2n) is 5.94. The van der Waals surface area contributed by atoms with Crippen molar-refractivity contribution in [2.75, 3.05) is 5.75 Å². The fourth-order valence-corrected chi connectivity index (χ4v) is 3.43. The standard InChI is InChI=1S/C20H16Cl2N4O3S/c1-2-30-20-25-24-19(18-4-3-9-27-18)26(20)23-11-14-5-6-15(29-14)12-28-13-7-8-16(21)17(22)10-13/h3-11H,2,12H2,1H3/b23-11-. The van der Waals surface area contributed by atoms with Crippen LogP contribution in [0.4, 0.5) is 0 Å². The van der Waals surface area contributed by atoms with Crippen molar-refractivity contribution in [3.8, 4) is 17.3 Å². The molecule has 10 heteroatoms. The fraction of sp³-hybridized carbons (Fsp3) is 0.150. The van der Waals surface area contributed by atoms with E-state index < -0.39 is 0 Å². The number of hydrogen-bond donors (Lipinski definition) is 0. The minimum atomic E-state index is 0.243. The highest BCUT2D eigenvalue weighted by molar-refractivity contribution is 7.99. The van der Waals surface area contributed by atoms with Crippen LogP contribution >= 0.6 is 35.0 Å². The van der Waals surface area contributed by atoms with Gasteiger partial charge in [0.1, 0.15) is 23.9 Å². The number of ether oxygens (including phenoxy) is 1. The van der Waals surface area contributed by atoms with Crippen molar-refractivity contribution >= 4 is 41.2 Å². The molecule has 0 bridgehead atoms. The first-order valence-electron chi connectivity index (χ1n) is 8.97. The summed E-state index contributed by atoms with van der Waals surface area (Å²) in [6.45, 7) is 2.28. The third-order valence-electron chi connectivity index (χ3n) is 3.88. The molecule has 0 amide bonds. The Morgan fingerprint density at radius 2 is 2.07 bits per heavy atom. The quantitative estimate of drug-likeness (QED) is 0.235. The molecule has 4 aromatic rings. The molecule has 0 spiro atoms. The Bertz CT molecular complexity index is 1150. The van der Waals surface area contributed by atoms with Crippen molar-refractivity contribution in [3.63, 3.8) is 0 Å². The lowest BCUT2D eigenvalue weighted by Gasteiger charge is -2.05. The number of furan rings is 2. The summed E-state index contributed by atoms with van der Waals surface area (Å²) in [5, 5.41) is 14.4. The second kappa shape index (κ2) is 9.42. The van der Waals surface area contributed by atoms with Crippen LogP contribution in [0.25, 0.3) is 11.6 Å². The van der Waals surface area contributed by atoms with Gasteiger partial charge in [-0.1, -0.05) is 41.9 Å². The molecular weight excluding hydrogens is 447 g/mol. The van der Waals surface area contributed by atoms with Gasteiger partial charge in [-0.25, -0.2) is 0 Å². The van der Waals surface area contributed by atoms with E-state index in [9.17, 15) is 0 Å². The van der Waals surface area contributed by atoms with Crippen molar-refractivity contribution in [1.82, 2.24) is 14.9 Å². The summed E-state index contributed by atoms with van der Waals surface area (Å²) in [7, 11) is 0. The first-order chi connectivity index (χ1) is 14.6. The average molecular weight is 463 g/mol. The third-order valence-corrected chi connectivity index (χ3v) is 5.42. The van der Waals surface area contributed by atoms with Crippen LogP contribution in [0.5, 0.6) is 5.75 Å². The molecule has 0 atom stereocenters. The van der Waals surface area contributed by atoms with Gasteiger partial charge in [-0.05, 0) is 42.2 Å². The van der Waals surface area contributed by atoms with Gasteiger partial charge in [0.05, 0.1) is 22.5 Å². The number of halogens is 2. The molecule has 30 heavy (non-hydrogen) atoms. The van der Waals surface area contributed by atoms with E-state index >= 15 is 0 Å². The second-order valence-corrected chi connectivity index (χ2v) is 7.99. The van der Waals surface area contributed by atoms with E-state index in [0.29, 0.717) is 44.1 Å². The number of rotatable bonds is 8. The van der Waals surface area contributed by atoms with Gasteiger partial charge in [0.2, 0.25) is 11.0 Å². The molecule has 7 nitrogen and oxygen atoms in total. The van der Waals surface area contributed by atoms with Gasteiger partial charge in [-0.2, -0.15) is 9.78 Å². The van der Waals surface area contributed by atoms with Crippen LogP contribution in [0.2, 0.25) is 10.0 Å². The van der Waals surface area contributed by atoms with Crippen molar-refractivity contribution in [3.05, 3.63) is 70.3 Å². The largest absolute Gasteiger partial charge is 0.486 e. The van der Waals surface area contributed by atoms with Crippen LogP contribution in [0.1, 0.15) is 18.4 Å². The van der Waals surface area contributed by atoms with E-state index in [2.05, 4.69) is 15.3 Å². The first-order valence-corrected chi connectivity index (χ1v) is 10.7. The molecule has 0 aliphatic carbocycles. The van der Waals surface area contributed by atoms with E-state index in [1.54, 1.807) is 47.5 Å². The molecule has 0 saturated carbocycles. The molecule has 3 aromatic heterocycles. The average Bonchev–Trinajstić information content (AvgIpc) is 3.48. The summed E-state index contributed by atoms with van der Waals surface area (Å²) in [6, 6.07) is 12.3. The Hall–Kier alpha value is -2.68. The van der Waals surface area contributed by atoms with Crippen LogP contribution in [0, 0.1) is 0 Å². The lowest BCUT2D eigenvalue weighted by molar-refractivity contribution is 0.270. The Labute approximate surface area is 186 Å². The topological polar surface area (TPSA) is 78.6 Å². The Kier molecular flexibility index (Phi) is 6.47. The highest BCUT2D eigenvalue weighted by Crippen LogP contribution is 2.27. The third kappa shape index (κ3) is 4.72. The fourth-order valence-electron chi connectivity index (χ4n) is 2.53. The molecule has 0 N–H and O–H groups in total. The number of hydrogen-bond acceptors (Lipinski definition) is 7. The number of nitrogens with zero attached hydrogens (tertiary/aromatic N) is 4. The number of aromatic nitrogens is 3. The maximum absolute atomic E-state index is 6.00. The summed E-state index contributed by atoms with van der Waals surface area (Å²) in [6.07, 6.45) is 3.18. The molecule has 154 valence electrons. The highest BCUT2D eigenvalue weighted by atomic mass is 35.5. The van der Waals surface area contributed by atoms with Crippen LogP contribution < -0.4 is 4.74 Å². The maximum atomic E-state index is 6.00. The smallest absolute Gasteiger partial charge is 0.221 e.